The molecule has 18 heavy (non-hydrogen) atoms. The van der Waals surface area contributed by atoms with E-state index in [-0.39, 0.29) is 5.82 Å². The molecule has 1 nitrogen and oxygen atoms in total. The van der Waals surface area contributed by atoms with Crippen molar-refractivity contribution in [3.05, 3.63) is 59.9 Å². The van der Waals surface area contributed by atoms with E-state index in [4.69, 9.17) is 0 Å². The molecule has 3 rings (SSSR count). The Morgan fingerprint density at radius 1 is 1.00 bits per heavy atom. The number of hydrogen-bond donors (Lipinski definition) is 1. The van der Waals surface area contributed by atoms with Crippen LogP contribution in [0.2, 0.25) is 0 Å². The Balaban J connectivity index is 1.80. The van der Waals surface area contributed by atoms with E-state index in [2.05, 4.69) is 17.4 Å². The number of rotatable bonds is 4. The van der Waals surface area contributed by atoms with Crippen LogP contribution in [-0.2, 0) is 6.54 Å². The normalized spacial score (nSPS) is 14.7. The standard InChI is InChI=1S/C16H16FN/c17-15-6-2-5-14(10-15)13-4-1-3-12(9-13)11-18-16-7-8-16/h1-6,9-10,16,18H,7-8,11H2. The summed E-state index contributed by atoms with van der Waals surface area (Å²) in [6.07, 6.45) is 2.59. The molecule has 1 aliphatic carbocycles. The van der Waals surface area contributed by atoms with Crippen LogP contribution in [-0.4, -0.2) is 6.04 Å². The van der Waals surface area contributed by atoms with Crippen LogP contribution < -0.4 is 5.32 Å². The summed E-state index contributed by atoms with van der Waals surface area (Å²) in [6, 6.07) is 15.7. The Labute approximate surface area is 107 Å². The zero-order valence-corrected chi connectivity index (χ0v) is 10.2. The van der Waals surface area contributed by atoms with Crippen molar-refractivity contribution in [1.29, 1.82) is 0 Å². The fraction of sp³-hybridized carbons (Fsp3) is 0.250. The zero-order chi connectivity index (χ0) is 12.4. The molecule has 0 spiro atoms. The summed E-state index contributed by atoms with van der Waals surface area (Å²) in [5.41, 5.74) is 3.26. The van der Waals surface area contributed by atoms with Gasteiger partial charge in [0.05, 0.1) is 0 Å². The van der Waals surface area contributed by atoms with Gasteiger partial charge in [-0.2, -0.15) is 0 Å². The first kappa shape index (κ1) is 11.4. The first-order valence-electron chi connectivity index (χ1n) is 6.39. The fourth-order valence-corrected chi connectivity index (χ4v) is 2.08. The summed E-state index contributed by atoms with van der Waals surface area (Å²) in [7, 11) is 0. The highest BCUT2D eigenvalue weighted by atomic mass is 19.1. The molecular formula is C16H16FN. The predicted octanol–water partition coefficient (Wildman–Crippen LogP) is 3.74. The van der Waals surface area contributed by atoms with Gasteiger partial charge in [0.1, 0.15) is 5.82 Å². The van der Waals surface area contributed by atoms with Crippen LogP contribution >= 0.6 is 0 Å². The van der Waals surface area contributed by atoms with Gasteiger partial charge in [-0.25, -0.2) is 4.39 Å². The Bertz CT molecular complexity index is 546. The molecule has 1 N–H and O–H groups in total. The third-order valence-corrected chi connectivity index (χ3v) is 3.26. The number of benzene rings is 2. The first-order valence-corrected chi connectivity index (χ1v) is 6.39. The van der Waals surface area contributed by atoms with Gasteiger partial charge in [-0.05, 0) is 47.7 Å². The maximum Gasteiger partial charge on any atom is 0.123 e. The lowest BCUT2D eigenvalue weighted by atomic mass is 10.0. The van der Waals surface area contributed by atoms with Crippen LogP contribution in [0.3, 0.4) is 0 Å². The van der Waals surface area contributed by atoms with E-state index in [0.29, 0.717) is 6.04 Å². The van der Waals surface area contributed by atoms with E-state index in [9.17, 15) is 4.39 Å². The minimum absolute atomic E-state index is 0.186. The number of nitrogens with one attached hydrogen (secondary N) is 1. The molecule has 0 amide bonds. The molecule has 0 aliphatic heterocycles. The molecule has 1 aliphatic rings. The van der Waals surface area contributed by atoms with Crippen molar-refractivity contribution in [3.63, 3.8) is 0 Å². The summed E-state index contributed by atoms with van der Waals surface area (Å²) in [5, 5.41) is 3.49. The minimum Gasteiger partial charge on any atom is -0.310 e. The first-order chi connectivity index (χ1) is 8.81. The molecule has 0 saturated heterocycles. The maximum absolute atomic E-state index is 13.2. The maximum atomic E-state index is 13.2. The molecule has 2 aromatic rings. The molecule has 0 aromatic heterocycles. The SMILES string of the molecule is Fc1cccc(-c2cccc(CNC3CC3)c2)c1. The van der Waals surface area contributed by atoms with Crippen molar-refractivity contribution in [2.45, 2.75) is 25.4 Å². The Kier molecular flexibility index (Phi) is 3.11. The smallest absolute Gasteiger partial charge is 0.123 e. The highest BCUT2D eigenvalue weighted by Gasteiger charge is 2.19. The molecule has 0 heterocycles. The molecule has 0 bridgehead atoms. The summed E-state index contributed by atoms with van der Waals surface area (Å²) in [4.78, 5) is 0. The van der Waals surface area contributed by atoms with Crippen LogP contribution in [0.4, 0.5) is 4.39 Å². The van der Waals surface area contributed by atoms with E-state index in [1.807, 2.05) is 18.2 Å². The fourth-order valence-electron chi connectivity index (χ4n) is 2.08. The molecule has 1 fully saturated rings. The Morgan fingerprint density at radius 2 is 1.72 bits per heavy atom. The average Bonchev–Trinajstić information content (AvgIpc) is 3.21. The second-order valence-corrected chi connectivity index (χ2v) is 4.87. The lowest BCUT2D eigenvalue weighted by Crippen LogP contribution is -2.15. The van der Waals surface area contributed by atoms with E-state index < -0.39 is 0 Å². The van der Waals surface area contributed by atoms with Crippen molar-refractivity contribution in [1.82, 2.24) is 5.32 Å². The Hall–Kier alpha value is -1.67. The quantitative estimate of drug-likeness (QED) is 0.859. The molecular weight excluding hydrogens is 225 g/mol. The topological polar surface area (TPSA) is 12.0 Å². The number of halogens is 1. The third kappa shape index (κ3) is 2.77. The third-order valence-electron chi connectivity index (χ3n) is 3.26. The molecule has 2 aromatic carbocycles. The second kappa shape index (κ2) is 4.91. The molecule has 0 unspecified atom stereocenters. The van der Waals surface area contributed by atoms with Crippen LogP contribution in [0, 0.1) is 5.82 Å². The van der Waals surface area contributed by atoms with E-state index in [1.165, 1.54) is 24.5 Å². The van der Waals surface area contributed by atoms with Gasteiger partial charge >= 0.3 is 0 Å². The van der Waals surface area contributed by atoms with Gasteiger partial charge in [0.2, 0.25) is 0 Å². The van der Waals surface area contributed by atoms with Gasteiger partial charge in [-0.1, -0.05) is 30.3 Å². The summed E-state index contributed by atoms with van der Waals surface area (Å²) >= 11 is 0. The monoisotopic (exact) mass is 241 g/mol. The lowest BCUT2D eigenvalue weighted by molar-refractivity contribution is 0.628. The Morgan fingerprint density at radius 3 is 2.44 bits per heavy atom. The summed E-state index contributed by atoms with van der Waals surface area (Å²) in [5.74, 6) is -0.186. The van der Waals surface area contributed by atoms with Gasteiger partial charge in [0.25, 0.3) is 0 Å². The lowest BCUT2D eigenvalue weighted by Gasteiger charge is -2.06. The highest BCUT2D eigenvalue weighted by molar-refractivity contribution is 5.64. The van der Waals surface area contributed by atoms with Gasteiger partial charge in [0.15, 0.2) is 0 Å². The van der Waals surface area contributed by atoms with Crippen molar-refractivity contribution >= 4 is 0 Å². The second-order valence-electron chi connectivity index (χ2n) is 4.87. The molecule has 0 atom stereocenters. The number of hydrogen-bond acceptors (Lipinski definition) is 1. The highest BCUT2D eigenvalue weighted by Crippen LogP contribution is 2.23. The zero-order valence-electron chi connectivity index (χ0n) is 10.2. The molecule has 0 radical (unpaired) electrons. The molecule has 92 valence electrons. The average molecular weight is 241 g/mol. The van der Waals surface area contributed by atoms with Gasteiger partial charge in [0, 0.05) is 12.6 Å². The largest absolute Gasteiger partial charge is 0.310 e. The summed E-state index contributed by atoms with van der Waals surface area (Å²) < 4.78 is 13.2. The van der Waals surface area contributed by atoms with E-state index >= 15 is 0 Å². The van der Waals surface area contributed by atoms with Crippen molar-refractivity contribution in [2.75, 3.05) is 0 Å². The van der Waals surface area contributed by atoms with E-state index in [0.717, 1.165) is 17.7 Å². The van der Waals surface area contributed by atoms with Crippen molar-refractivity contribution in [2.24, 2.45) is 0 Å². The van der Waals surface area contributed by atoms with Crippen LogP contribution in [0.5, 0.6) is 0 Å². The predicted molar refractivity (Wildman–Crippen MR) is 71.7 cm³/mol. The summed E-state index contributed by atoms with van der Waals surface area (Å²) in [6.45, 7) is 0.897. The molecule has 1 saturated carbocycles. The molecule has 2 heteroatoms. The van der Waals surface area contributed by atoms with Crippen LogP contribution in [0.1, 0.15) is 18.4 Å². The van der Waals surface area contributed by atoms with Crippen molar-refractivity contribution < 1.29 is 4.39 Å². The van der Waals surface area contributed by atoms with Gasteiger partial charge in [-0.15, -0.1) is 0 Å². The van der Waals surface area contributed by atoms with E-state index in [1.54, 1.807) is 12.1 Å². The van der Waals surface area contributed by atoms with Crippen LogP contribution in [0.25, 0.3) is 11.1 Å². The minimum atomic E-state index is -0.186. The van der Waals surface area contributed by atoms with Gasteiger partial charge < -0.3 is 5.32 Å². The van der Waals surface area contributed by atoms with Crippen LogP contribution in [0.15, 0.2) is 48.5 Å². The van der Waals surface area contributed by atoms with Crippen molar-refractivity contribution in [3.8, 4) is 11.1 Å². The van der Waals surface area contributed by atoms with Gasteiger partial charge in [-0.3, -0.25) is 0 Å².